The van der Waals surface area contributed by atoms with E-state index in [0.29, 0.717) is 5.69 Å². The molecule has 0 aliphatic heterocycles. The zero-order chi connectivity index (χ0) is 17.0. The van der Waals surface area contributed by atoms with Crippen molar-refractivity contribution in [2.45, 2.75) is 13.3 Å². The van der Waals surface area contributed by atoms with Crippen LogP contribution in [0.15, 0.2) is 46.9 Å². The SMILES string of the molecule is CC(=O)N(C)c1ccc(F)cc1NC(=O)Cc1ccccc1Br. The first-order valence-electron chi connectivity index (χ1n) is 6.95. The largest absolute Gasteiger partial charge is 0.324 e. The molecule has 2 rings (SSSR count). The summed E-state index contributed by atoms with van der Waals surface area (Å²) in [6.45, 7) is 1.40. The maximum Gasteiger partial charge on any atom is 0.228 e. The van der Waals surface area contributed by atoms with Gasteiger partial charge in [0.2, 0.25) is 11.8 Å². The summed E-state index contributed by atoms with van der Waals surface area (Å²) in [7, 11) is 1.57. The van der Waals surface area contributed by atoms with E-state index in [1.54, 1.807) is 7.05 Å². The molecule has 6 heteroatoms. The van der Waals surface area contributed by atoms with E-state index < -0.39 is 5.82 Å². The van der Waals surface area contributed by atoms with Gasteiger partial charge in [-0.1, -0.05) is 34.1 Å². The molecule has 4 nitrogen and oxygen atoms in total. The quantitative estimate of drug-likeness (QED) is 0.880. The first-order valence-corrected chi connectivity index (χ1v) is 7.75. The van der Waals surface area contributed by atoms with Crippen LogP contribution in [0.3, 0.4) is 0 Å². The normalized spacial score (nSPS) is 10.3. The highest BCUT2D eigenvalue weighted by Gasteiger charge is 2.15. The molecule has 2 amide bonds. The molecule has 0 saturated carbocycles. The van der Waals surface area contributed by atoms with Crippen LogP contribution in [-0.4, -0.2) is 18.9 Å². The van der Waals surface area contributed by atoms with Gasteiger partial charge in [-0.25, -0.2) is 4.39 Å². The third kappa shape index (κ3) is 4.39. The van der Waals surface area contributed by atoms with Gasteiger partial charge in [-0.3, -0.25) is 9.59 Å². The van der Waals surface area contributed by atoms with Crippen LogP contribution in [0.1, 0.15) is 12.5 Å². The number of nitrogens with one attached hydrogen (secondary N) is 1. The van der Waals surface area contributed by atoms with Gasteiger partial charge in [-0.05, 0) is 29.8 Å². The summed E-state index contributed by atoms with van der Waals surface area (Å²) < 4.78 is 14.3. The fourth-order valence-corrected chi connectivity index (χ4v) is 2.50. The molecule has 0 aromatic heterocycles. The lowest BCUT2D eigenvalue weighted by Gasteiger charge is -2.19. The van der Waals surface area contributed by atoms with Crippen LogP contribution in [0.25, 0.3) is 0 Å². The summed E-state index contributed by atoms with van der Waals surface area (Å²) in [6, 6.07) is 11.3. The number of nitrogens with zero attached hydrogens (tertiary/aromatic N) is 1. The highest BCUT2D eigenvalue weighted by molar-refractivity contribution is 9.10. The maximum absolute atomic E-state index is 13.5. The van der Waals surface area contributed by atoms with Gasteiger partial charge in [0.15, 0.2) is 0 Å². The van der Waals surface area contributed by atoms with Crippen molar-refractivity contribution >= 4 is 39.1 Å². The molecule has 0 heterocycles. The standard InChI is InChI=1S/C17H16BrFN2O2/c1-11(22)21(2)16-8-7-13(19)10-15(16)20-17(23)9-12-5-3-4-6-14(12)18/h3-8,10H,9H2,1-2H3,(H,20,23). The van der Waals surface area contributed by atoms with E-state index >= 15 is 0 Å². The Morgan fingerprint density at radius 3 is 2.57 bits per heavy atom. The number of halogens is 2. The first-order chi connectivity index (χ1) is 10.9. The Labute approximate surface area is 142 Å². The van der Waals surface area contributed by atoms with E-state index in [-0.39, 0.29) is 23.9 Å². The maximum atomic E-state index is 13.5. The zero-order valence-electron chi connectivity index (χ0n) is 12.8. The van der Waals surface area contributed by atoms with Gasteiger partial charge in [0.1, 0.15) is 5.82 Å². The van der Waals surface area contributed by atoms with Gasteiger partial charge in [0.25, 0.3) is 0 Å². The van der Waals surface area contributed by atoms with Gasteiger partial charge in [0.05, 0.1) is 17.8 Å². The van der Waals surface area contributed by atoms with Gasteiger partial charge in [0, 0.05) is 18.4 Å². The van der Waals surface area contributed by atoms with Crippen molar-refractivity contribution in [3.8, 4) is 0 Å². The Kier molecular flexibility index (Phi) is 5.50. The minimum Gasteiger partial charge on any atom is -0.324 e. The summed E-state index contributed by atoms with van der Waals surface area (Å²) in [4.78, 5) is 25.1. The highest BCUT2D eigenvalue weighted by Crippen LogP contribution is 2.26. The molecule has 0 spiro atoms. The van der Waals surface area contributed by atoms with Crippen LogP contribution in [-0.2, 0) is 16.0 Å². The smallest absolute Gasteiger partial charge is 0.228 e. The van der Waals surface area contributed by atoms with Crippen molar-refractivity contribution in [2.75, 3.05) is 17.3 Å². The summed E-state index contributed by atoms with van der Waals surface area (Å²) in [5.74, 6) is -0.986. The number of benzene rings is 2. The Bertz CT molecular complexity index is 749. The molecule has 0 fully saturated rings. The van der Waals surface area contributed by atoms with E-state index in [4.69, 9.17) is 0 Å². The van der Waals surface area contributed by atoms with E-state index in [0.717, 1.165) is 10.0 Å². The summed E-state index contributed by atoms with van der Waals surface area (Å²) in [5.41, 5.74) is 1.53. The van der Waals surface area contributed by atoms with E-state index in [1.165, 1.54) is 30.0 Å². The first kappa shape index (κ1) is 17.1. The lowest BCUT2D eigenvalue weighted by atomic mass is 10.1. The Balaban J connectivity index is 2.22. The molecule has 0 unspecified atom stereocenters. The molecule has 23 heavy (non-hydrogen) atoms. The molecular weight excluding hydrogens is 363 g/mol. The predicted molar refractivity (Wildman–Crippen MR) is 92.0 cm³/mol. The van der Waals surface area contributed by atoms with Crippen LogP contribution in [0.4, 0.5) is 15.8 Å². The molecule has 0 radical (unpaired) electrons. The number of rotatable bonds is 4. The lowest BCUT2D eigenvalue weighted by Crippen LogP contribution is -2.25. The topological polar surface area (TPSA) is 49.4 Å². The monoisotopic (exact) mass is 378 g/mol. The Morgan fingerprint density at radius 1 is 1.22 bits per heavy atom. The molecule has 0 aliphatic rings. The second-order valence-electron chi connectivity index (χ2n) is 5.06. The van der Waals surface area contributed by atoms with E-state index in [1.807, 2.05) is 24.3 Å². The van der Waals surface area contributed by atoms with E-state index in [9.17, 15) is 14.0 Å². The van der Waals surface area contributed by atoms with Crippen LogP contribution < -0.4 is 10.2 Å². The second-order valence-corrected chi connectivity index (χ2v) is 5.91. The number of hydrogen-bond donors (Lipinski definition) is 1. The van der Waals surface area contributed by atoms with Crippen molar-refractivity contribution < 1.29 is 14.0 Å². The average Bonchev–Trinajstić information content (AvgIpc) is 2.49. The number of carbonyl (C=O) groups is 2. The van der Waals surface area contributed by atoms with Crippen LogP contribution in [0.2, 0.25) is 0 Å². The summed E-state index contributed by atoms with van der Waals surface area (Å²) >= 11 is 3.39. The Hall–Kier alpha value is -2.21. The van der Waals surface area contributed by atoms with E-state index in [2.05, 4.69) is 21.2 Å². The van der Waals surface area contributed by atoms with Gasteiger partial charge in [-0.2, -0.15) is 0 Å². The minimum atomic E-state index is -0.484. The fourth-order valence-electron chi connectivity index (χ4n) is 2.08. The van der Waals surface area contributed by atoms with Gasteiger partial charge in [-0.15, -0.1) is 0 Å². The third-order valence-electron chi connectivity index (χ3n) is 3.38. The van der Waals surface area contributed by atoms with Crippen LogP contribution >= 0.6 is 15.9 Å². The van der Waals surface area contributed by atoms with Crippen LogP contribution in [0.5, 0.6) is 0 Å². The molecule has 0 bridgehead atoms. The van der Waals surface area contributed by atoms with Gasteiger partial charge < -0.3 is 10.2 Å². The lowest BCUT2D eigenvalue weighted by molar-refractivity contribution is -0.117. The fraction of sp³-hybridized carbons (Fsp3) is 0.176. The molecule has 0 saturated heterocycles. The molecule has 2 aromatic rings. The summed E-state index contributed by atoms with van der Waals surface area (Å²) in [6.07, 6.45) is 0.140. The van der Waals surface area contributed by atoms with Crippen LogP contribution in [0, 0.1) is 5.82 Å². The summed E-state index contributed by atoms with van der Waals surface area (Å²) in [5, 5.41) is 2.67. The molecular formula is C17H16BrFN2O2. The zero-order valence-corrected chi connectivity index (χ0v) is 14.4. The molecule has 0 atom stereocenters. The van der Waals surface area contributed by atoms with Crippen molar-refractivity contribution in [3.63, 3.8) is 0 Å². The molecule has 2 aromatic carbocycles. The molecule has 120 valence electrons. The number of carbonyl (C=O) groups excluding carboxylic acids is 2. The number of amides is 2. The Morgan fingerprint density at radius 2 is 1.91 bits per heavy atom. The average molecular weight is 379 g/mol. The second kappa shape index (κ2) is 7.37. The van der Waals surface area contributed by atoms with Crippen molar-refractivity contribution in [1.82, 2.24) is 0 Å². The number of anilines is 2. The molecule has 0 aliphatic carbocycles. The highest BCUT2D eigenvalue weighted by atomic mass is 79.9. The number of hydrogen-bond acceptors (Lipinski definition) is 2. The van der Waals surface area contributed by atoms with Gasteiger partial charge >= 0.3 is 0 Å². The van der Waals surface area contributed by atoms with Crippen molar-refractivity contribution in [1.29, 1.82) is 0 Å². The predicted octanol–water partition coefficient (Wildman–Crippen LogP) is 3.75. The van der Waals surface area contributed by atoms with Crippen molar-refractivity contribution in [2.24, 2.45) is 0 Å². The van der Waals surface area contributed by atoms with Crippen molar-refractivity contribution in [3.05, 3.63) is 58.3 Å². The third-order valence-corrected chi connectivity index (χ3v) is 4.15. The molecule has 1 N–H and O–H groups in total. The minimum absolute atomic E-state index is 0.140.